The van der Waals surface area contributed by atoms with Crippen molar-refractivity contribution in [2.75, 3.05) is 0 Å². The molecule has 7 heteroatoms. The molecule has 0 aliphatic carbocycles. The van der Waals surface area contributed by atoms with Crippen molar-refractivity contribution < 1.29 is 4.39 Å². The Morgan fingerprint density at radius 2 is 1.83 bits per heavy atom. The summed E-state index contributed by atoms with van der Waals surface area (Å²) in [4.78, 5) is 20.4. The topological polar surface area (TPSA) is 65.6 Å². The average molecular weight is 385 g/mol. The number of benzene rings is 2. The molecule has 0 saturated carbocycles. The molecule has 0 radical (unpaired) electrons. The first-order chi connectivity index (χ1) is 14.1. The van der Waals surface area contributed by atoms with Gasteiger partial charge in [0.05, 0.1) is 30.0 Å². The van der Waals surface area contributed by atoms with Crippen molar-refractivity contribution in [3.05, 3.63) is 89.0 Å². The average Bonchev–Trinajstić information content (AvgIpc) is 3.10. The summed E-state index contributed by atoms with van der Waals surface area (Å²) in [7, 11) is 1.87. The maximum Gasteiger partial charge on any atom is 0.269 e. The van der Waals surface area contributed by atoms with Crippen LogP contribution < -0.4 is 5.56 Å². The summed E-state index contributed by atoms with van der Waals surface area (Å²) in [6, 6.07) is 12.6. The highest BCUT2D eigenvalue weighted by Gasteiger charge is 2.10. The zero-order valence-electron chi connectivity index (χ0n) is 15.6. The standard InChI is InChI=1S/C22H16FN5O/c1-27-12-17-8-14(4-5-19(17)26-27)15-2-3-16(18(23)9-15)13-28-21-6-7-24-10-20(21)25-11-22(28)29/h2-12H,13H2,1H3. The Morgan fingerprint density at radius 1 is 1.00 bits per heavy atom. The molecule has 3 aromatic heterocycles. The van der Waals surface area contributed by atoms with Crippen LogP contribution in [-0.4, -0.2) is 24.3 Å². The van der Waals surface area contributed by atoms with Crippen LogP contribution in [-0.2, 0) is 13.6 Å². The Balaban J connectivity index is 1.53. The second kappa shape index (κ2) is 6.63. The molecule has 142 valence electrons. The van der Waals surface area contributed by atoms with Crippen LogP contribution in [0, 0.1) is 5.82 Å². The molecule has 0 aliphatic heterocycles. The molecule has 0 N–H and O–H groups in total. The van der Waals surface area contributed by atoms with Crippen molar-refractivity contribution in [3.63, 3.8) is 0 Å². The number of rotatable bonds is 3. The second-order valence-corrected chi connectivity index (χ2v) is 6.93. The first-order valence-corrected chi connectivity index (χ1v) is 9.10. The molecule has 0 bridgehead atoms. The van der Waals surface area contributed by atoms with E-state index >= 15 is 0 Å². The van der Waals surface area contributed by atoms with Crippen molar-refractivity contribution in [2.24, 2.45) is 7.05 Å². The van der Waals surface area contributed by atoms with Crippen molar-refractivity contribution in [1.29, 1.82) is 0 Å². The van der Waals surface area contributed by atoms with Gasteiger partial charge in [-0.25, -0.2) is 9.37 Å². The lowest BCUT2D eigenvalue weighted by Gasteiger charge is -2.11. The first kappa shape index (κ1) is 17.2. The summed E-state index contributed by atoms with van der Waals surface area (Å²) in [5, 5.41) is 5.36. The fraction of sp³-hybridized carbons (Fsp3) is 0.0909. The van der Waals surface area contributed by atoms with Crippen LogP contribution in [0.2, 0.25) is 0 Å². The van der Waals surface area contributed by atoms with E-state index in [1.54, 1.807) is 29.2 Å². The largest absolute Gasteiger partial charge is 0.301 e. The fourth-order valence-electron chi connectivity index (χ4n) is 3.54. The SMILES string of the molecule is Cn1cc2cc(-c3ccc(Cn4c(=O)cnc5cnccc54)c(F)c3)ccc2n1. The Bertz CT molecular complexity index is 1440. The van der Waals surface area contributed by atoms with Crippen LogP contribution >= 0.6 is 0 Å². The number of hydrogen-bond donors (Lipinski definition) is 0. The number of hydrogen-bond acceptors (Lipinski definition) is 4. The van der Waals surface area contributed by atoms with Gasteiger partial charge in [0.25, 0.3) is 5.56 Å². The molecule has 0 spiro atoms. The van der Waals surface area contributed by atoms with E-state index in [2.05, 4.69) is 15.1 Å². The minimum Gasteiger partial charge on any atom is -0.301 e. The molecule has 0 atom stereocenters. The quantitative estimate of drug-likeness (QED) is 0.477. The fourth-order valence-corrected chi connectivity index (χ4v) is 3.54. The Labute approximate surface area is 164 Å². The van der Waals surface area contributed by atoms with E-state index in [1.807, 2.05) is 37.5 Å². The predicted octanol–water partition coefficient (Wildman–Crippen LogP) is 3.53. The van der Waals surface area contributed by atoms with Crippen molar-refractivity contribution >= 4 is 21.9 Å². The minimum absolute atomic E-state index is 0.121. The highest BCUT2D eigenvalue weighted by molar-refractivity contribution is 5.84. The molecule has 2 aromatic carbocycles. The summed E-state index contributed by atoms with van der Waals surface area (Å²) >= 11 is 0. The highest BCUT2D eigenvalue weighted by atomic mass is 19.1. The number of aromatic nitrogens is 5. The van der Waals surface area contributed by atoms with E-state index < -0.39 is 0 Å². The molecular weight excluding hydrogens is 369 g/mol. The van der Waals surface area contributed by atoms with E-state index in [0.29, 0.717) is 16.6 Å². The van der Waals surface area contributed by atoms with Gasteiger partial charge < -0.3 is 4.57 Å². The Kier molecular flexibility index (Phi) is 3.94. The van der Waals surface area contributed by atoms with Crippen molar-refractivity contribution in [3.8, 4) is 11.1 Å². The minimum atomic E-state index is -0.361. The van der Waals surface area contributed by atoms with E-state index in [9.17, 15) is 9.18 Å². The van der Waals surface area contributed by atoms with Gasteiger partial charge in [-0.05, 0) is 35.4 Å². The normalized spacial score (nSPS) is 11.4. The third-order valence-corrected chi connectivity index (χ3v) is 4.98. The summed E-state index contributed by atoms with van der Waals surface area (Å²) in [5.41, 5.74) is 3.94. The lowest BCUT2D eigenvalue weighted by molar-refractivity contribution is 0.599. The molecule has 3 heterocycles. The Morgan fingerprint density at radius 3 is 2.69 bits per heavy atom. The van der Waals surface area contributed by atoms with Crippen LogP contribution in [0.25, 0.3) is 33.1 Å². The van der Waals surface area contributed by atoms with E-state index in [4.69, 9.17) is 0 Å². The predicted molar refractivity (Wildman–Crippen MR) is 109 cm³/mol. The maximum atomic E-state index is 14.9. The molecule has 0 fully saturated rings. The first-order valence-electron chi connectivity index (χ1n) is 9.10. The zero-order chi connectivity index (χ0) is 20.0. The molecule has 29 heavy (non-hydrogen) atoms. The van der Waals surface area contributed by atoms with Crippen LogP contribution in [0.5, 0.6) is 0 Å². The number of aryl methyl sites for hydroxylation is 1. The van der Waals surface area contributed by atoms with Crippen LogP contribution in [0.4, 0.5) is 4.39 Å². The molecule has 0 aliphatic rings. The Hall–Kier alpha value is -3.87. The van der Waals surface area contributed by atoms with Crippen LogP contribution in [0.1, 0.15) is 5.56 Å². The van der Waals surface area contributed by atoms with Gasteiger partial charge >= 0.3 is 0 Å². The number of nitrogens with zero attached hydrogens (tertiary/aromatic N) is 5. The molecular formula is C22H16FN5O. The molecule has 5 aromatic rings. The van der Waals surface area contributed by atoms with Crippen LogP contribution in [0.3, 0.4) is 0 Å². The van der Waals surface area contributed by atoms with Gasteiger partial charge in [0.1, 0.15) is 11.3 Å². The number of halogens is 1. The lowest BCUT2D eigenvalue weighted by atomic mass is 10.0. The summed E-state index contributed by atoms with van der Waals surface area (Å²) < 4.78 is 18.2. The van der Waals surface area contributed by atoms with Gasteiger partial charge in [-0.15, -0.1) is 0 Å². The molecule has 6 nitrogen and oxygen atoms in total. The molecule has 0 unspecified atom stereocenters. The van der Waals surface area contributed by atoms with Crippen LogP contribution in [0.15, 0.2) is 72.0 Å². The van der Waals surface area contributed by atoms with Crippen molar-refractivity contribution in [1.82, 2.24) is 24.3 Å². The highest BCUT2D eigenvalue weighted by Crippen LogP contribution is 2.26. The molecule has 5 rings (SSSR count). The van der Waals surface area contributed by atoms with E-state index in [1.165, 1.54) is 16.8 Å². The number of pyridine rings is 1. The number of fused-ring (bicyclic) bond motifs is 2. The van der Waals surface area contributed by atoms with Gasteiger partial charge in [-0.3, -0.25) is 14.5 Å². The summed E-state index contributed by atoms with van der Waals surface area (Å²) in [6.07, 6.45) is 6.34. The van der Waals surface area contributed by atoms with Gasteiger partial charge in [-0.1, -0.05) is 18.2 Å². The second-order valence-electron chi connectivity index (χ2n) is 6.93. The van der Waals surface area contributed by atoms with Gasteiger partial charge in [0.2, 0.25) is 0 Å². The van der Waals surface area contributed by atoms with Crippen molar-refractivity contribution in [2.45, 2.75) is 6.54 Å². The smallest absolute Gasteiger partial charge is 0.269 e. The third-order valence-electron chi connectivity index (χ3n) is 4.98. The monoisotopic (exact) mass is 385 g/mol. The van der Waals surface area contributed by atoms with Gasteiger partial charge in [0.15, 0.2) is 0 Å². The summed E-state index contributed by atoms with van der Waals surface area (Å²) in [5.74, 6) is -0.361. The zero-order valence-corrected chi connectivity index (χ0v) is 15.6. The maximum absolute atomic E-state index is 14.9. The van der Waals surface area contributed by atoms with Gasteiger partial charge in [-0.2, -0.15) is 5.10 Å². The molecule has 0 amide bonds. The molecule has 0 saturated heterocycles. The van der Waals surface area contributed by atoms with E-state index in [-0.39, 0.29) is 17.9 Å². The van der Waals surface area contributed by atoms with E-state index in [0.717, 1.165) is 22.0 Å². The lowest BCUT2D eigenvalue weighted by Crippen LogP contribution is -2.21. The van der Waals surface area contributed by atoms with Gasteiger partial charge in [0, 0.05) is 30.4 Å². The summed E-state index contributed by atoms with van der Waals surface area (Å²) in [6.45, 7) is 0.121. The third kappa shape index (κ3) is 3.06.